The fourth-order valence-corrected chi connectivity index (χ4v) is 3.84. The minimum Gasteiger partial charge on any atom is -0.373 e. The molecule has 0 bridgehead atoms. The highest BCUT2D eigenvalue weighted by atomic mass is 32.2. The molecule has 2 atom stereocenters. The van der Waals surface area contributed by atoms with Crippen molar-refractivity contribution < 1.29 is 0 Å². The number of aromatic nitrogens is 2. The zero-order chi connectivity index (χ0) is 13.3. The summed E-state index contributed by atoms with van der Waals surface area (Å²) in [5.41, 5.74) is 1.15. The van der Waals surface area contributed by atoms with Crippen molar-refractivity contribution in [1.29, 1.82) is 0 Å². The Labute approximate surface area is 114 Å². The average molecular weight is 266 g/mol. The molecule has 0 radical (unpaired) electrons. The fourth-order valence-electron chi connectivity index (χ4n) is 2.52. The molecule has 0 aromatic carbocycles. The van der Waals surface area contributed by atoms with E-state index < -0.39 is 0 Å². The first-order valence-electron chi connectivity index (χ1n) is 6.44. The van der Waals surface area contributed by atoms with E-state index in [-0.39, 0.29) is 0 Å². The van der Waals surface area contributed by atoms with Gasteiger partial charge in [0.25, 0.3) is 0 Å². The summed E-state index contributed by atoms with van der Waals surface area (Å²) in [6.45, 7) is 10.8. The van der Waals surface area contributed by atoms with Gasteiger partial charge in [-0.1, -0.05) is 13.8 Å². The van der Waals surface area contributed by atoms with Gasteiger partial charge in [0.15, 0.2) is 0 Å². The van der Waals surface area contributed by atoms with Gasteiger partial charge in [0.1, 0.15) is 17.5 Å². The largest absolute Gasteiger partial charge is 0.373 e. The number of nitrogens with zero attached hydrogens (tertiary/aromatic N) is 3. The number of hydrogen-bond acceptors (Lipinski definition) is 5. The first-order valence-corrected chi connectivity index (χ1v) is 7.39. The van der Waals surface area contributed by atoms with Crippen LogP contribution in [0.1, 0.15) is 25.2 Å². The summed E-state index contributed by atoms with van der Waals surface area (Å²) in [4.78, 5) is 11.5. The monoisotopic (exact) mass is 266 g/mol. The molecular formula is C13H22N4S. The van der Waals surface area contributed by atoms with Crippen LogP contribution >= 0.6 is 11.8 Å². The summed E-state index contributed by atoms with van der Waals surface area (Å²) in [6.07, 6.45) is 0. The van der Waals surface area contributed by atoms with E-state index in [2.05, 4.69) is 52.7 Å². The van der Waals surface area contributed by atoms with Crippen molar-refractivity contribution in [3.8, 4) is 0 Å². The number of nitrogens with one attached hydrogen (secondary N) is 1. The molecule has 0 spiro atoms. The zero-order valence-electron chi connectivity index (χ0n) is 11.8. The number of thioether (sulfide) groups is 1. The number of anilines is 2. The van der Waals surface area contributed by atoms with Crippen LogP contribution in [0.2, 0.25) is 0 Å². The van der Waals surface area contributed by atoms with E-state index >= 15 is 0 Å². The zero-order valence-corrected chi connectivity index (χ0v) is 12.6. The highest BCUT2D eigenvalue weighted by molar-refractivity contribution is 8.00. The lowest BCUT2D eigenvalue weighted by Gasteiger charge is -2.36. The van der Waals surface area contributed by atoms with Crippen molar-refractivity contribution in [1.82, 2.24) is 9.97 Å². The predicted molar refractivity (Wildman–Crippen MR) is 79.8 cm³/mol. The van der Waals surface area contributed by atoms with Gasteiger partial charge in [0.05, 0.1) is 0 Å². The molecule has 100 valence electrons. The van der Waals surface area contributed by atoms with Crippen molar-refractivity contribution in [2.75, 3.05) is 30.4 Å². The molecule has 5 heteroatoms. The Morgan fingerprint density at radius 3 is 2.33 bits per heavy atom. The summed E-state index contributed by atoms with van der Waals surface area (Å²) < 4.78 is 0. The van der Waals surface area contributed by atoms with Crippen molar-refractivity contribution in [2.45, 2.75) is 38.2 Å². The number of aryl methyl sites for hydroxylation is 1. The lowest BCUT2D eigenvalue weighted by atomic mass is 10.2. The molecule has 4 nitrogen and oxygen atoms in total. The maximum Gasteiger partial charge on any atom is 0.137 e. The molecule has 2 heterocycles. The third-order valence-corrected chi connectivity index (χ3v) is 4.42. The maximum atomic E-state index is 4.64. The molecule has 2 unspecified atom stereocenters. The quantitative estimate of drug-likeness (QED) is 0.890. The van der Waals surface area contributed by atoms with E-state index in [9.17, 15) is 0 Å². The molecule has 0 amide bonds. The Morgan fingerprint density at radius 2 is 1.78 bits per heavy atom. The minimum absolute atomic E-state index is 0.654. The first kappa shape index (κ1) is 13.5. The Balaban J connectivity index is 2.35. The predicted octanol–water partition coefficient (Wildman–Crippen LogP) is 2.47. The number of hydrogen-bond donors (Lipinski definition) is 1. The lowest BCUT2D eigenvalue weighted by molar-refractivity contribution is 0.712. The van der Waals surface area contributed by atoms with Crippen LogP contribution < -0.4 is 10.2 Å². The molecule has 1 aliphatic heterocycles. The molecule has 1 aromatic rings. The van der Waals surface area contributed by atoms with E-state index in [0.29, 0.717) is 10.5 Å². The molecule has 18 heavy (non-hydrogen) atoms. The summed E-state index contributed by atoms with van der Waals surface area (Å²) in [6, 6.07) is 0. The molecule has 1 saturated heterocycles. The summed E-state index contributed by atoms with van der Waals surface area (Å²) in [7, 11) is 1.91. The van der Waals surface area contributed by atoms with Gasteiger partial charge in [-0.25, -0.2) is 9.97 Å². The summed E-state index contributed by atoms with van der Waals surface area (Å²) in [5, 5.41) is 4.46. The highest BCUT2D eigenvalue weighted by Gasteiger charge is 2.25. The third kappa shape index (κ3) is 2.71. The maximum absolute atomic E-state index is 4.64. The second kappa shape index (κ2) is 5.34. The lowest BCUT2D eigenvalue weighted by Crippen LogP contribution is -2.41. The summed E-state index contributed by atoms with van der Waals surface area (Å²) in [5.74, 6) is 2.86. The van der Waals surface area contributed by atoms with Crippen molar-refractivity contribution >= 4 is 23.4 Å². The van der Waals surface area contributed by atoms with Gasteiger partial charge in [-0.3, -0.25) is 0 Å². The van der Waals surface area contributed by atoms with E-state index in [1.165, 1.54) is 0 Å². The molecule has 1 fully saturated rings. The fraction of sp³-hybridized carbons (Fsp3) is 0.692. The molecule has 2 rings (SSSR count). The first-order chi connectivity index (χ1) is 8.51. The van der Waals surface area contributed by atoms with Crippen LogP contribution in [0, 0.1) is 13.8 Å². The van der Waals surface area contributed by atoms with E-state index in [1.807, 2.05) is 14.0 Å². The van der Waals surface area contributed by atoms with Gasteiger partial charge in [0.2, 0.25) is 0 Å². The Hall–Kier alpha value is -0.970. The third-order valence-electron chi connectivity index (χ3n) is 3.19. The van der Waals surface area contributed by atoms with E-state index in [0.717, 1.165) is 36.1 Å². The van der Waals surface area contributed by atoms with Gasteiger partial charge >= 0.3 is 0 Å². The Bertz CT molecular complexity index is 425. The van der Waals surface area contributed by atoms with Crippen LogP contribution in [0.3, 0.4) is 0 Å². The Morgan fingerprint density at radius 1 is 1.17 bits per heavy atom. The second-order valence-electron chi connectivity index (χ2n) is 4.98. The average Bonchev–Trinajstić information content (AvgIpc) is 2.30. The molecular weight excluding hydrogens is 244 g/mol. The standard InChI is InChI=1S/C13H22N4S/c1-8-6-17(7-9(2)18-8)13-10(3)12(14-5)15-11(4)16-13/h8-9H,6-7H2,1-5H3,(H,14,15,16). The van der Waals surface area contributed by atoms with Crippen LogP contribution in [0.5, 0.6) is 0 Å². The van der Waals surface area contributed by atoms with Crippen molar-refractivity contribution in [3.63, 3.8) is 0 Å². The van der Waals surface area contributed by atoms with Crippen LogP contribution in [0.25, 0.3) is 0 Å². The molecule has 1 aliphatic rings. The van der Waals surface area contributed by atoms with E-state index in [4.69, 9.17) is 0 Å². The highest BCUT2D eigenvalue weighted by Crippen LogP contribution is 2.30. The molecule has 1 aromatic heterocycles. The van der Waals surface area contributed by atoms with Crippen LogP contribution in [-0.4, -0.2) is 40.6 Å². The van der Waals surface area contributed by atoms with Crippen LogP contribution in [0.4, 0.5) is 11.6 Å². The topological polar surface area (TPSA) is 41.1 Å². The van der Waals surface area contributed by atoms with Crippen LogP contribution in [-0.2, 0) is 0 Å². The summed E-state index contributed by atoms with van der Waals surface area (Å²) >= 11 is 2.06. The van der Waals surface area contributed by atoms with Gasteiger partial charge < -0.3 is 10.2 Å². The Kier molecular flexibility index (Phi) is 4.00. The smallest absolute Gasteiger partial charge is 0.137 e. The number of rotatable bonds is 2. The molecule has 0 saturated carbocycles. The van der Waals surface area contributed by atoms with Gasteiger partial charge in [0, 0.05) is 36.2 Å². The van der Waals surface area contributed by atoms with Gasteiger partial charge in [-0.2, -0.15) is 11.8 Å². The van der Waals surface area contributed by atoms with Gasteiger partial charge in [-0.15, -0.1) is 0 Å². The molecule has 0 aliphatic carbocycles. The van der Waals surface area contributed by atoms with E-state index in [1.54, 1.807) is 0 Å². The second-order valence-corrected chi connectivity index (χ2v) is 6.86. The minimum atomic E-state index is 0.654. The van der Waals surface area contributed by atoms with Crippen LogP contribution in [0.15, 0.2) is 0 Å². The van der Waals surface area contributed by atoms with Crippen molar-refractivity contribution in [2.24, 2.45) is 0 Å². The van der Waals surface area contributed by atoms with Gasteiger partial charge in [-0.05, 0) is 13.8 Å². The SMILES string of the molecule is CNc1nc(C)nc(N2CC(C)SC(C)C2)c1C. The molecule has 1 N–H and O–H groups in total. The normalized spacial score (nSPS) is 24.2. The van der Waals surface area contributed by atoms with Crippen molar-refractivity contribution in [3.05, 3.63) is 11.4 Å².